The fourth-order valence-electron chi connectivity index (χ4n) is 8.17. The average molecular weight is 892 g/mol. The number of carbonyl (C=O) groups excluding carboxylic acids is 5. The van der Waals surface area contributed by atoms with Crippen molar-refractivity contribution in [2.24, 2.45) is 11.8 Å². The largest absolute Gasteiger partial charge is 0.465 e. The predicted molar refractivity (Wildman–Crippen MR) is 261 cm³/mol. The van der Waals surface area contributed by atoms with E-state index in [9.17, 15) is 24.0 Å². The Morgan fingerprint density at radius 1 is 0.365 bits per heavy atom. The van der Waals surface area contributed by atoms with Crippen molar-refractivity contribution in [3.8, 4) is 0 Å². The van der Waals surface area contributed by atoms with E-state index in [1.165, 1.54) is 103 Å². The second kappa shape index (κ2) is 45.9. The van der Waals surface area contributed by atoms with Gasteiger partial charge in [-0.15, -0.1) is 0 Å². The molecule has 0 radical (unpaired) electrons. The molecule has 0 bridgehead atoms. The molecule has 0 aromatic carbocycles. The third-order valence-electron chi connectivity index (χ3n) is 12.3. The zero-order valence-corrected chi connectivity index (χ0v) is 41.9. The molecule has 0 aliphatic carbocycles. The fourth-order valence-corrected chi connectivity index (χ4v) is 8.17. The zero-order valence-electron chi connectivity index (χ0n) is 41.9. The molecule has 10 nitrogen and oxygen atoms in total. The van der Waals surface area contributed by atoms with Gasteiger partial charge in [0.2, 0.25) is 17.7 Å². The number of unbranched alkanes of at least 4 members (excludes halogenated alkanes) is 22. The molecule has 0 rings (SSSR count). The maximum atomic E-state index is 13.1. The molecule has 3 N–H and O–H groups in total. The Bertz CT molecular complexity index is 1100. The predicted octanol–water partition coefficient (Wildman–Crippen LogP) is 13.2. The molecule has 0 aromatic heterocycles. The summed E-state index contributed by atoms with van der Waals surface area (Å²) in [4.78, 5) is 64.1. The van der Waals surface area contributed by atoms with Gasteiger partial charge in [-0.3, -0.25) is 24.0 Å². The standard InChI is InChI=1S/C53H101N3O7/c1-6-11-15-19-21-29-38-46(36-27-17-13-8-3)52(60)62-44-33-25-23-31-42-54-49(57)41-40-48(56-50(58)35-10-5)51(59)55-43-32-24-26-34-45-63-53(61)47(37-28-18-14-9-4)39-30-22-20-16-12-7-2/h46-48H,6-45H2,1-5H3,(H,54,57)(H,55,59)(H,56,58). The number of ether oxygens (including phenoxy) is 2. The lowest BCUT2D eigenvalue weighted by Crippen LogP contribution is -2.47. The molecule has 3 amide bonds. The number of amides is 3. The Kier molecular flexibility index (Phi) is 44.0. The topological polar surface area (TPSA) is 140 Å². The van der Waals surface area contributed by atoms with Crippen molar-refractivity contribution in [3.63, 3.8) is 0 Å². The molecule has 0 aromatic rings. The van der Waals surface area contributed by atoms with Gasteiger partial charge < -0.3 is 25.4 Å². The number of esters is 2. The van der Waals surface area contributed by atoms with Crippen LogP contribution in [0.2, 0.25) is 0 Å². The van der Waals surface area contributed by atoms with E-state index in [2.05, 4.69) is 43.6 Å². The summed E-state index contributed by atoms with van der Waals surface area (Å²) in [6, 6.07) is -0.759. The Balaban J connectivity index is 4.45. The zero-order chi connectivity index (χ0) is 46.4. The second-order valence-electron chi connectivity index (χ2n) is 18.4. The van der Waals surface area contributed by atoms with Crippen molar-refractivity contribution in [1.82, 2.24) is 16.0 Å². The van der Waals surface area contributed by atoms with E-state index in [1.807, 2.05) is 6.92 Å². The third-order valence-corrected chi connectivity index (χ3v) is 12.3. The summed E-state index contributed by atoms with van der Waals surface area (Å²) in [5.74, 6) is -0.589. The van der Waals surface area contributed by atoms with Crippen LogP contribution in [0.4, 0.5) is 0 Å². The van der Waals surface area contributed by atoms with Crippen LogP contribution in [0.5, 0.6) is 0 Å². The van der Waals surface area contributed by atoms with Gasteiger partial charge in [0.25, 0.3) is 0 Å². The first-order valence-electron chi connectivity index (χ1n) is 26.9. The van der Waals surface area contributed by atoms with E-state index in [-0.39, 0.29) is 54.3 Å². The van der Waals surface area contributed by atoms with Crippen molar-refractivity contribution in [2.75, 3.05) is 26.3 Å². The first-order chi connectivity index (χ1) is 30.7. The highest BCUT2D eigenvalue weighted by Gasteiger charge is 2.22. The molecule has 0 saturated carbocycles. The number of rotatable bonds is 47. The lowest BCUT2D eigenvalue weighted by atomic mass is 9.94. The van der Waals surface area contributed by atoms with Gasteiger partial charge in [0.1, 0.15) is 6.04 Å². The second-order valence-corrected chi connectivity index (χ2v) is 18.4. The minimum Gasteiger partial charge on any atom is -0.465 e. The molecule has 0 spiro atoms. The number of hydrogen-bond acceptors (Lipinski definition) is 7. The number of carbonyl (C=O) groups is 5. The van der Waals surface area contributed by atoms with Gasteiger partial charge in [0.15, 0.2) is 0 Å². The summed E-state index contributed by atoms with van der Waals surface area (Å²) in [6.45, 7) is 12.7. The van der Waals surface area contributed by atoms with Crippen LogP contribution in [0, 0.1) is 11.8 Å². The molecular weight excluding hydrogens is 791 g/mol. The van der Waals surface area contributed by atoms with Gasteiger partial charge in [0.05, 0.1) is 25.0 Å². The summed E-state index contributed by atoms with van der Waals surface area (Å²) >= 11 is 0. The van der Waals surface area contributed by atoms with Gasteiger partial charge in [-0.25, -0.2) is 0 Å². The normalized spacial score (nSPS) is 12.7. The van der Waals surface area contributed by atoms with E-state index < -0.39 is 6.04 Å². The quantitative estimate of drug-likeness (QED) is 0.0408. The molecule has 0 fully saturated rings. The Hall–Kier alpha value is -2.65. The highest BCUT2D eigenvalue weighted by molar-refractivity contribution is 5.88. The Morgan fingerprint density at radius 3 is 1.16 bits per heavy atom. The van der Waals surface area contributed by atoms with Crippen molar-refractivity contribution >= 4 is 29.7 Å². The van der Waals surface area contributed by atoms with E-state index in [0.717, 1.165) is 103 Å². The molecular formula is C53H101N3O7. The van der Waals surface area contributed by atoms with Crippen LogP contribution in [0.3, 0.4) is 0 Å². The molecule has 370 valence electrons. The highest BCUT2D eigenvalue weighted by atomic mass is 16.5. The Labute approximate surface area is 387 Å². The van der Waals surface area contributed by atoms with Crippen molar-refractivity contribution in [1.29, 1.82) is 0 Å². The van der Waals surface area contributed by atoms with E-state index in [4.69, 9.17) is 9.47 Å². The Morgan fingerprint density at radius 2 is 0.730 bits per heavy atom. The fraction of sp³-hybridized carbons (Fsp3) is 0.906. The van der Waals surface area contributed by atoms with Gasteiger partial charge in [-0.05, 0) is 77.0 Å². The summed E-state index contributed by atoms with van der Waals surface area (Å²) in [5.41, 5.74) is 0. The van der Waals surface area contributed by atoms with Crippen molar-refractivity contribution in [3.05, 3.63) is 0 Å². The van der Waals surface area contributed by atoms with Gasteiger partial charge in [0, 0.05) is 25.9 Å². The molecule has 0 heterocycles. The first kappa shape index (κ1) is 60.4. The SMILES string of the molecule is CCCCCCCCC(CCCCCC)C(=O)OCCCCCCNC(=O)CCC(NC(=O)CCC)C(=O)NCCCCCCOC(=O)C(CCCCCC)CCCCCCCC. The van der Waals surface area contributed by atoms with Crippen molar-refractivity contribution in [2.45, 2.75) is 272 Å². The molecule has 10 heteroatoms. The van der Waals surface area contributed by atoms with E-state index in [0.29, 0.717) is 39.1 Å². The molecule has 0 saturated heterocycles. The average Bonchev–Trinajstić information content (AvgIpc) is 3.27. The lowest BCUT2D eigenvalue weighted by Gasteiger charge is -2.18. The maximum absolute atomic E-state index is 13.1. The van der Waals surface area contributed by atoms with Crippen LogP contribution in [-0.4, -0.2) is 62.0 Å². The maximum Gasteiger partial charge on any atom is 0.308 e. The molecule has 0 aliphatic heterocycles. The number of nitrogens with one attached hydrogen (secondary N) is 3. The first-order valence-corrected chi connectivity index (χ1v) is 26.9. The minimum absolute atomic E-state index is 0.0167. The summed E-state index contributed by atoms with van der Waals surface area (Å²) in [6.07, 6.45) is 36.1. The molecule has 3 atom stereocenters. The molecule has 3 unspecified atom stereocenters. The van der Waals surface area contributed by atoms with Crippen LogP contribution < -0.4 is 16.0 Å². The van der Waals surface area contributed by atoms with Crippen LogP contribution in [0.1, 0.15) is 266 Å². The van der Waals surface area contributed by atoms with Gasteiger partial charge in [-0.1, -0.05) is 176 Å². The summed E-state index contributed by atoms with van der Waals surface area (Å²) in [7, 11) is 0. The van der Waals surface area contributed by atoms with Crippen molar-refractivity contribution < 1.29 is 33.4 Å². The number of hydrogen-bond donors (Lipinski definition) is 3. The van der Waals surface area contributed by atoms with Crippen LogP contribution in [0.15, 0.2) is 0 Å². The van der Waals surface area contributed by atoms with Crippen LogP contribution in [-0.2, 0) is 33.4 Å². The van der Waals surface area contributed by atoms with Crippen LogP contribution in [0.25, 0.3) is 0 Å². The minimum atomic E-state index is -0.759. The molecule has 63 heavy (non-hydrogen) atoms. The highest BCUT2D eigenvalue weighted by Crippen LogP contribution is 2.22. The third kappa shape index (κ3) is 38.3. The lowest BCUT2D eigenvalue weighted by molar-refractivity contribution is -0.150. The van der Waals surface area contributed by atoms with Gasteiger partial charge >= 0.3 is 11.9 Å². The molecule has 0 aliphatic rings. The van der Waals surface area contributed by atoms with Crippen LogP contribution >= 0.6 is 0 Å². The monoisotopic (exact) mass is 892 g/mol. The summed E-state index contributed by atoms with van der Waals surface area (Å²) < 4.78 is 11.5. The van der Waals surface area contributed by atoms with Gasteiger partial charge in [-0.2, -0.15) is 0 Å². The smallest absolute Gasteiger partial charge is 0.308 e. The van der Waals surface area contributed by atoms with E-state index >= 15 is 0 Å². The van der Waals surface area contributed by atoms with E-state index in [1.54, 1.807) is 0 Å². The summed E-state index contributed by atoms with van der Waals surface area (Å²) in [5, 5.41) is 8.76.